The third-order valence-electron chi connectivity index (χ3n) is 5.05. The van der Waals surface area contributed by atoms with Crippen LogP contribution in [0.15, 0.2) is 36.4 Å². The lowest BCUT2D eigenvalue weighted by Gasteiger charge is -2.30. The molecule has 0 unspecified atom stereocenters. The minimum atomic E-state index is -0.337. The van der Waals surface area contributed by atoms with E-state index < -0.39 is 0 Å². The largest absolute Gasteiger partial charge is 0.493 e. The van der Waals surface area contributed by atoms with Gasteiger partial charge in [0.15, 0.2) is 0 Å². The number of carbonyl (C=O) groups excluding carboxylic acids is 1. The molecule has 1 fully saturated rings. The normalized spacial score (nSPS) is 16.1. The second-order valence-corrected chi connectivity index (χ2v) is 6.97. The van der Waals surface area contributed by atoms with Gasteiger partial charge in [0.25, 0.3) is 0 Å². The highest BCUT2D eigenvalue weighted by Crippen LogP contribution is 2.30. The molecule has 0 aromatic heterocycles. The minimum Gasteiger partial charge on any atom is -0.493 e. The van der Waals surface area contributed by atoms with Crippen LogP contribution in [0.1, 0.15) is 30.4 Å². The molecule has 4 nitrogen and oxygen atoms in total. The third kappa shape index (κ3) is 3.66. The Morgan fingerprint density at radius 1 is 1.12 bits per heavy atom. The van der Waals surface area contributed by atoms with Crippen LogP contribution in [0.2, 0.25) is 0 Å². The zero-order valence-electron chi connectivity index (χ0n) is 14.8. The maximum Gasteiger partial charge on any atom is 0.228 e. The molecule has 2 aromatic carbocycles. The molecule has 2 aromatic rings. The van der Waals surface area contributed by atoms with Crippen molar-refractivity contribution < 1.29 is 13.9 Å². The lowest BCUT2D eigenvalue weighted by Crippen LogP contribution is -2.30. The predicted octanol–water partition coefficient (Wildman–Crippen LogP) is 3.93. The van der Waals surface area contributed by atoms with Crippen LogP contribution in [-0.2, 0) is 17.6 Å². The minimum absolute atomic E-state index is 0.132. The topological polar surface area (TPSA) is 41.6 Å². The zero-order chi connectivity index (χ0) is 17.9. The molecule has 1 saturated heterocycles. The fourth-order valence-electron chi connectivity index (χ4n) is 3.75. The lowest BCUT2D eigenvalue weighted by atomic mass is 10.1. The summed E-state index contributed by atoms with van der Waals surface area (Å²) in [6, 6.07) is 10.5. The zero-order valence-corrected chi connectivity index (χ0v) is 14.8. The Balaban J connectivity index is 1.49. The first-order chi connectivity index (χ1) is 12.7. The second kappa shape index (κ2) is 7.36. The number of hydrogen-bond acceptors (Lipinski definition) is 3. The lowest BCUT2D eigenvalue weighted by molar-refractivity contribution is -0.115. The molecule has 2 heterocycles. The molecule has 4 rings (SSSR count). The van der Waals surface area contributed by atoms with Gasteiger partial charge in [-0.15, -0.1) is 0 Å². The molecular weight excluding hydrogens is 331 g/mol. The standard InChI is InChI=1S/C21H23FN2O2/c22-17-5-6-19(24-9-2-1-3-10-24)18(14-17)23-21(25)13-15-4-7-20-16(12-15)8-11-26-20/h4-7,12,14H,1-3,8-11,13H2,(H,23,25). The summed E-state index contributed by atoms with van der Waals surface area (Å²) in [5, 5.41) is 2.91. The van der Waals surface area contributed by atoms with Gasteiger partial charge in [-0.05, 0) is 54.7 Å². The molecule has 2 aliphatic rings. The van der Waals surface area contributed by atoms with Crippen LogP contribution in [0.4, 0.5) is 15.8 Å². The number of benzene rings is 2. The Morgan fingerprint density at radius 3 is 2.81 bits per heavy atom. The van der Waals surface area contributed by atoms with E-state index in [0.717, 1.165) is 54.9 Å². The first-order valence-electron chi connectivity index (χ1n) is 9.28. The van der Waals surface area contributed by atoms with Crippen LogP contribution in [0.25, 0.3) is 0 Å². The monoisotopic (exact) mass is 354 g/mol. The summed E-state index contributed by atoms with van der Waals surface area (Å²) in [7, 11) is 0. The summed E-state index contributed by atoms with van der Waals surface area (Å²) in [4.78, 5) is 14.8. The van der Waals surface area contributed by atoms with E-state index in [0.29, 0.717) is 12.3 Å². The highest BCUT2D eigenvalue weighted by Gasteiger charge is 2.18. The predicted molar refractivity (Wildman–Crippen MR) is 100 cm³/mol. The fourth-order valence-corrected chi connectivity index (χ4v) is 3.75. The van der Waals surface area contributed by atoms with Gasteiger partial charge in [-0.2, -0.15) is 0 Å². The van der Waals surface area contributed by atoms with Crippen molar-refractivity contribution in [3.05, 3.63) is 53.3 Å². The number of nitrogens with one attached hydrogen (secondary N) is 1. The van der Waals surface area contributed by atoms with Crippen molar-refractivity contribution in [2.45, 2.75) is 32.1 Å². The Hall–Kier alpha value is -2.56. The van der Waals surface area contributed by atoms with Gasteiger partial charge in [0.1, 0.15) is 11.6 Å². The van der Waals surface area contributed by atoms with Gasteiger partial charge in [-0.25, -0.2) is 4.39 Å². The van der Waals surface area contributed by atoms with Crippen LogP contribution in [0.3, 0.4) is 0 Å². The molecule has 136 valence electrons. The smallest absolute Gasteiger partial charge is 0.228 e. The van der Waals surface area contributed by atoms with Crippen molar-refractivity contribution in [3.8, 4) is 5.75 Å². The average molecular weight is 354 g/mol. The summed E-state index contributed by atoms with van der Waals surface area (Å²) in [5.41, 5.74) is 3.56. The number of nitrogens with zero attached hydrogens (tertiary/aromatic N) is 1. The number of amides is 1. The maximum atomic E-state index is 13.8. The third-order valence-corrected chi connectivity index (χ3v) is 5.05. The van der Waals surface area contributed by atoms with E-state index in [9.17, 15) is 9.18 Å². The van der Waals surface area contributed by atoms with Gasteiger partial charge in [-0.3, -0.25) is 4.79 Å². The molecular formula is C21H23FN2O2. The quantitative estimate of drug-likeness (QED) is 0.904. The fraction of sp³-hybridized carbons (Fsp3) is 0.381. The number of fused-ring (bicyclic) bond motifs is 1. The molecule has 5 heteroatoms. The Bertz CT molecular complexity index is 816. The summed E-state index contributed by atoms with van der Waals surface area (Å²) >= 11 is 0. The van der Waals surface area contributed by atoms with Crippen molar-refractivity contribution in [1.29, 1.82) is 0 Å². The molecule has 1 N–H and O–H groups in total. The van der Waals surface area contributed by atoms with Gasteiger partial charge in [0.05, 0.1) is 24.4 Å². The summed E-state index contributed by atoms with van der Waals surface area (Å²) in [6.45, 7) is 2.59. The van der Waals surface area contributed by atoms with Crippen LogP contribution in [-0.4, -0.2) is 25.6 Å². The Kier molecular flexibility index (Phi) is 4.78. The highest BCUT2D eigenvalue weighted by atomic mass is 19.1. The molecule has 0 spiro atoms. The molecule has 0 aliphatic carbocycles. The van der Waals surface area contributed by atoms with Crippen molar-refractivity contribution in [1.82, 2.24) is 0 Å². The van der Waals surface area contributed by atoms with Crippen molar-refractivity contribution in [2.24, 2.45) is 0 Å². The number of halogens is 1. The van der Waals surface area contributed by atoms with E-state index in [1.807, 2.05) is 18.2 Å². The summed E-state index contributed by atoms with van der Waals surface area (Å²) < 4.78 is 19.3. The van der Waals surface area contributed by atoms with Crippen LogP contribution in [0.5, 0.6) is 5.75 Å². The van der Waals surface area contributed by atoms with Crippen molar-refractivity contribution >= 4 is 17.3 Å². The van der Waals surface area contributed by atoms with Gasteiger partial charge in [0, 0.05) is 19.5 Å². The van der Waals surface area contributed by atoms with E-state index >= 15 is 0 Å². The molecule has 2 aliphatic heterocycles. The molecule has 0 atom stereocenters. The molecule has 0 bridgehead atoms. The number of anilines is 2. The molecule has 26 heavy (non-hydrogen) atoms. The van der Waals surface area contributed by atoms with E-state index in [-0.39, 0.29) is 18.1 Å². The molecule has 1 amide bonds. The SMILES string of the molecule is O=C(Cc1ccc2c(c1)CCO2)Nc1cc(F)ccc1N1CCCCC1. The summed E-state index contributed by atoms with van der Waals surface area (Å²) in [6.07, 6.45) is 4.63. The Labute approximate surface area is 153 Å². The van der Waals surface area contributed by atoms with Gasteiger partial charge in [-0.1, -0.05) is 12.1 Å². The molecule has 0 radical (unpaired) electrons. The number of piperidine rings is 1. The number of hydrogen-bond donors (Lipinski definition) is 1. The van der Waals surface area contributed by atoms with E-state index in [1.54, 1.807) is 6.07 Å². The van der Waals surface area contributed by atoms with E-state index in [4.69, 9.17) is 4.74 Å². The Morgan fingerprint density at radius 2 is 1.96 bits per heavy atom. The van der Waals surface area contributed by atoms with Gasteiger partial charge in [0.2, 0.25) is 5.91 Å². The first-order valence-corrected chi connectivity index (χ1v) is 9.28. The number of ether oxygens (including phenoxy) is 1. The maximum absolute atomic E-state index is 13.8. The van der Waals surface area contributed by atoms with Gasteiger partial charge < -0.3 is 15.0 Å². The second-order valence-electron chi connectivity index (χ2n) is 6.97. The number of carbonyl (C=O) groups is 1. The van der Waals surface area contributed by atoms with Crippen LogP contribution < -0.4 is 15.0 Å². The summed E-state index contributed by atoms with van der Waals surface area (Å²) in [5.74, 6) is 0.440. The van der Waals surface area contributed by atoms with Crippen LogP contribution in [0, 0.1) is 5.82 Å². The highest BCUT2D eigenvalue weighted by molar-refractivity contribution is 5.95. The molecule has 0 saturated carbocycles. The van der Waals surface area contributed by atoms with Crippen molar-refractivity contribution in [3.63, 3.8) is 0 Å². The number of rotatable bonds is 4. The van der Waals surface area contributed by atoms with E-state index in [2.05, 4.69) is 10.2 Å². The van der Waals surface area contributed by atoms with Crippen LogP contribution >= 0.6 is 0 Å². The first kappa shape index (κ1) is 16.9. The average Bonchev–Trinajstić information content (AvgIpc) is 3.10. The van der Waals surface area contributed by atoms with Gasteiger partial charge >= 0.3 is 0 Å². The van der Waals surface area contributed by atoms with E-state index in [1.165, 1.54) is 18.6 Å². The van der Waals surface area contributed by atoms with Crippen molar-refractivity contribution in [2.75, 3.05) is 29.9 Å².